The van der Waals surface area contributed by atoms with Crippen LogP contribution in [0.5, 0.6) is 0 Å². The topological polar surface area (TPSA) is 72.8 Å². The molecule has 0 rings (SSSR count). The molecule has 6 heteroatoms. The average Bonchev–Trinajstić information content (AvgIpc) is 2.71. The molecule has 0 bridgehead atoms. The molecule has 0 atom stereocenters. The number of unbranched alkanes of at least 4 members (excludes halogenated alkanes) is 16. The molecule has 5 nitrogen and oxygen atoms in total. The molecule has 0 radical (unpaired) electrons. The lowest BCUT2D eigenvalue weighted by Crippen LogP contribution is -2.06. The summed E-state index contributed by atoms with van der Waals surface area (Å²) in [5.74, 6) is -0.968. The number of hydrogen-bond donors (Lipinski definition) is 1. The minimum absolute atomic E-state index is 0.269. The Bertz CT molecular complexity index is 367. The van der Waals surface area contributed by atoms with Gasteiger partial charge in [0, 0.05) is 12.8 Å². The van der Waals surface area contributed by atoms with E-state index in [2.05, 4.69) is 13.8 Å². The van der Waals surface area contributed by atoms with Gasteiger partial charge in [0.25, 0.3) is 0 Å². The fourth-order valence-corrected chi connectivity index (χ4v) is 4.01. The quantitative estimate of drug-likeness (QED) is 0.134. The summed E-state index contributed by atoms with van der Waals surface area (Å²) < 4.78 is 9.65. The van der Waals surface area contributed by atoms with Gasteiger partial charge in [-0.05, 0) is 12.8 Å². The van der Waals surface area contributed by atoms with E-state index < -0.39 is 20.5 Å². The molecule has 0 heterocycles. The molecule has 0 aromatic heterocycles. The molecule has 0 spiro atoms. The third-order valence-corrected chi connectivity index (χ3v) is 6.05. The molecule has 0 aromatic carbocycles. The van der Waals surface area contributed by atoms with Gasteiger partial charge in [-0.2, -0.15) is 0 Å². The summed E-state index contributed by atoms with van der Waals surface area (Å²) in [5, 5.41) is 0. The van der Waals surface area contributed by atoms with Crippen molar-refractivity contribution >= 4 is 20.5 Å². The highest BCUT2D eigenvalue weighted by Crippen LogP contribution is 2.34. The Labute approximate surface area is 186 Å². The van der Waals surface area contributed by atoms with E-state index in [1.165, 1.54) is 77.0 Å². The Morgan fingerprint density at radius 2 is 0.800 bits per heavy atom. The van der Waals surface area contributed by atoms with Crippen LogP contribution in [-0.2, 0) is 18.6 Å². The normalized spacial score (nSPS) is 11.1. The lowest BCUT2D eigenvalue weighted by Gasteiger charge is -2.10. The molecule has 0 saturated carbocycles. The van der Waals surface area contributed by atoms with Gasteiger partial charge >= 0.3 is 20.5 Å². The van der Waals surface area contributed by atoms with Crippen LogP contribution in [0.4, 0.5) is 0 Å². The maximum atomic E-state index is 11.7. The van der Waals surface area contributed by atoms with Crippen molar-refractivity contribution in [3.63, 3.8) is 0 Å². The molecule has 0 aliphatic carbocycles. The van der Waals surface area contributed by atoms with E-state index in [4.69, 9.17) is 9.05 Å². The summed E-state index contributed by atoms with van der Waals surface area (Å²) >= 11 is 0. The first kappa shape index (κ1) is 29.3. The lowest BCUT2D eigenvalue weighted by molar-refractivity contribution is -0.138. The van der Waals surface area contributed by atoms with Crippen molar-refractivity contribution in [2.45, 2.75) is 142 Å². The first-order valence-corrected chi connectivity index (χ1v) is 13.6. The van der Waals surface area contributed by atoms with E-state index in [0.717, 1.165) is 38.5 Å². The molecule has 0 unspecified atom stereocenters. The van der Waals surface area contributed by atoms with Crippen LogP contribution < -0.4 is 0 Å². The maximum absolute atomic E-state index is 11.7. The third kappa shape index (κ3) is 22.0. The number of carbonyl (C=O) groups is 2. The van der Waals surface area contributed by atoms with E-state index in [-0.39, 0.29) is 12.8 Å². The largest absolute Gasteiger partial charge is 0.464 e. The molecule has 178 valence electrons. The van der Waals surface area contributed by atoms with Crippen LogP contribution in [0.25, 0.3) is 0 Å². The van der Waals surface area contributed by atoms with Crippen LogP contribution in [0, 0.1) is 0 Å². The second-order valence-corrected chi connectivity index (χ2v) is 9.16. The zero-order chi connectivity index (χ0) is 22.3. The van der Waals surface area contributed by atoms with Gasteiger partial charge in [-0.25, -0.2) is 0 Å². The second kappa shape index (κ2) is 23.0. The average molecular weight is 447 g/mol. The first-order valence-electron chi connectivity index (χ1n) is 12.5. The summed E-state index contributed by atoms with van der Waals surface area (Å²) in [6.45, 7) is 4.44. The lowest BCUT2D eigenvalue weighted by atomic mass is 10.1. The van der Waals surface area contributed by atoms with E-state index in [1.807, 2.05) is 0 Å². The van der Waals surface area contributed by atoms with E-state index >= 15 is 0 Å². The summed E-state index contributed by atoms with van der Waals surface area (Å²) in [6, 6.07) is 0. The SMILES string of the molecule is CCCCCCCCCCCC(=O)OP(O)OC(=O)CCCCCCCCCCC. The Balaban J connectivity index is 3.48. The van der Waals surface area contributed by atoms with Gasteiger partial charge in [0.1, 0.15) is 0 Å². The molecular formula is C24H47O5P. The molecule has 0 amide bonds. The van der Waals surface area contributed by atoms with Gasteiger partial charge in [-0.3, -0.25) is 9.59 Å². The van der Waals surface area contributed by atoms with E-state index in [0.29, 0.717) is 0 Å². The molecule has 0 saturated heterocycles. The third-order valence-electron chi connectivity index (χ3n) is 5.33. The number of hydrogen-bond acceptors (Lipinski definition) is 5. The van der Waals surface area contributed by atoms with E-state index in [1.54, 1.807) is 0 Å². The molecular weight excluding hydrogens is 399 g/mol. The minimum Gasteiger partial charge on any atom is -0.385 e. The first-order chi connectivity index (χ1) is 14.6. The highest BCUT2D eigenvalue weighted by molar-refractivity contribution is 7.41. The fraction of sp³-hybridized carbons (Fsp3) is 0.917. The predicted octanol–water partition coefficient (Wildman–Crippen LogP) is 8.13. The van der Waals surface area contributed by atoms with Crippen molar-refractivity contribution in [1.82, 2.24) is 0 Å². The maximum Gasteiger partial charge on any atom is 0.464 e. The monoisotopic (exact) mass is 446 g/mol. The minimum atomic E-state index is -2.43. The van der Waals surface area contributed by atoms with Gasteiger partial charge in [-0.1, -0.05) is 117 Å². The zero-order valence-corrected chi connectivity index (χ0v) is 20.6. The molecule has 1 N–H and O–H groups in total. The standard InChI is InChI=1S/C24H47O5P/c1-3-5-7-9-11-13-15-17-19-21-23(25)28-30(27)29-24(26)22-20-18-16-14-12-10-8-6-4-2/h27H,3-22H2,1-2H3. The van der Waals surface area contributed by atoms with Crippen LogP contribution in [0.3, 0.4) is 0 Å². The number of carbonyl (C=O) groups excluding carboxylic acids is 2. The Morgan fingerprint density at radius 3 is 1.10 bits per heavy atom. The van der Waals surface area contributed by atoms with Crippen LogP contribution >= 0.6 is 8.60 Å². The fourth-order valence-electron chi connectivity index (χ4n) is 3.44. The summed E-state index contributed by atoms with van der Waals surface area (Å²) in [5.41, 5.74) is 0. The van der Waals surface area contributed by atoms with E-state index in [9.17, 15) is 14.5 Å². The smallest absolute Gasteiger partial charge is 0.385 e. The Morgan fingerprint density at radius 1 is 0.533 bits per heavy atom. The zero-order valence-electron chi connectivity index (χ0n) is 19.7. The van der Waals surface area contributed by atoms with Crippen LogP contribution in [-0.4, -0.2) is 16.8 Å². The van der Waals surface area contributed by atoms with Crippen molar-refractivity contribution in [2.75, 3.05) is 0 Å². The van der Waals surface area contributed by atoms with Gasteiger partial charge in [0.2, 0.25) is 0 Å². The predicted molar refractivity (Wildman–Crippen MR) is 125 cm³/mol. The Kier molecular flexibility index (Phi) is 22.5. The van der Waals surface area contributed by atoms with Crippen molar-refractivity contribution in [3.05, 3.63) is 0 Å². The van der Waals surface area contributed by atoms with Crippen molar-refractivity contribution in [3.8, 4) is 0 Å². The molecule has 0 aromatic rings. The van der Waals surface area contributed by atoms with Crippen molar-refractivity contribution < 1.29 is 23.5 Å². The molecule has 30 heavy (non-hydrogen) atoms. The highest BCUT2D eigenvalue weighted by atomic mass is 31.2. The summed E-state index contributed by atoms with van der Waals surface area (Å²) in [4.78, 5) is 33.1. The summed E-state index contributed by atoms with van der Waals surface area (Å²) in [7, 11) is -2.43. The molecule has 0 aliphatic heterocycles. The van der Waals surface area contributed by atoms with Crippen LogP contribution in [0.1, 0.15) is 142 Å². The van der Waals surface area contributed by atoms with Gasteiger partial charge in [0.15, 0.2) is 0 Å². The second-order valence-electron chi connectivity index (χ2n) is 8.32. The van der Waals surface area contributed by atoms with Gasteiger partial charge < -0.3 is 13.9 Å². The van der Waals surface area contributed by atoms with Crippen molar-refractivity contribution in [1.29, 1.82) is 0 Å². The highest BCUT2D eigenvalue weighted by Gasteiger charge is 2.18. The number of rotatable bonds is 22. The van der Waals surface area contributed by atoms with Gasteiger partial charge in [-0.15, -0.1) is 0 Å². The van der Waals surface area contributed by atoms with Crippen LogP contribution in [0.2, 0.25) is 0 Å². The van der Waals surface area contributed by atoms with Crippen LogP contribution in [0.15, 0.2) is 0 Å². The molecule has 0 fully saturated rings. The Hall–Kier alpha value is -0.670. The summed E-state index contributed by atoms with van der Waals surface area (Å²) in [6.07, 6.45) is 21.6. The molecule has 0 aliphatic rings. The van der Waals surface area contributed by atoms with Crippen molar-refractivity contribution in [2.24, 2.45) is 0 Å². The van der Waals surface area contributed by atoms with Gasteiger partial charge in [0.05, 0.1) is 0 Å².